The van der Waals surface area contributed by atoms with Gasteiger partial charge in [-0.2, -0.15) is 4.98 Å². The van der Waals surface area contributed by atoms with Crippen LogP contribution in [0.5, 0.6) is 0 Å². The quantitative estimate of drug-likeness (QED) is 0.800. The van der Waals surface area contributed by atoms with Gasteiger partial charge in [0.15, 0.2) is 5.76 Å². The van der Waals surface area contributed by atoms with Crippen LogP contribution in [0.4, 0.5) is 0 Å². The average molecular weight is 347 g/mol. The number of furan rings is 1. The Bertz CT molecular complexity index is 662. The number of nitrogens with one attached hydrogen (secondary N) is 1. The van der Waals surface area contributed by atoms with E-state index >= 15 is 0 Å². The molecule has 0 radical (unpaired) electrons. The molecule has 1 aliphatic rings. The molecule has 1 N–H and O–H groups in total. The van der Waals surface area contributed by atoms with Crippen LogP contribution in [-0.4, -0.2) is 71.7 Å². The number of piperazine rings is 1. The van der Waals surface area contributed by atoms with E-state index in [1.165, 1.54) is 0 Å². The lowest BCUT2D eigenvalue weighted by Gasteiger charge is -2.36. The summed E-state index contributed by atoms with van der Waals surface area (Å²) in [6.07, 6.45) is 2.30. The van der Waals surface area contributed by atoms with Crippen molar-refractivity contribution in [1.29, 1.82) is 0 Å². The van der Waals surface area contributed by atoms with Gasteiger partial charge in [-0.1, -0.05) is 5.16 Å². The Morgan fingerprint density at radius 1 is 1.36 bits per heavy atom. The van der Waals surface area contributed by atoms with Crippen LogP contribution in [0.2, 0.25) is 0 Å². The number of hydrogen-bond donors (Lipinski definition) is 1. The molecule has 0 spiro atoms. The Morgan fingerprint density at radius 2 is 2.16 bits per heavy atom. The third-order valence-electron chi connectivity index (χ3n) is 4.53. The Morgan fingerprint density at radius 3 is 2.88 bits per heavy atom. The first kappa shape index (κ1) is 17.6. The molecule has 2 aromatic rings. The molecule has 1 amide bonds. The summed E-state index contributed by atoms with van der Waals surface area (Å²) < 4.78 is 10.4. The van der Waals surface area contributed by atoms with Crippen molar-refractivity contribution in [2.75, 3.05) is 39.8 Å². The number of hydrogen-bond acceptors (Lipinski definition) is 7. The number of nitrogens with zero attached hydrogens (tertiary/aromatic N) is 4. The largest absolute Gasteiger partial charge is 0.461 e. The third-order valence-corrected chi connectivity index (χ3v) is 4.53. The van der Waals surface area contributed by atoms with E-state index in [1.807, 2.05) is 0 Å². The third kappa shape index (κ3) is 4.90. The normalized spacial score (nSPS) is 17.5. The van der Waals surface area contributed by atoms with Crippen LogP contribution < -0.4 is 5.32 Å². The average Bonchev–Trinajstić information content (AvgIpc) is 3.29. The molecule has 2 aromatic heterocycles. The molecule has 1 aliphatic heterocycles. The maximum Gasteiger partial charge on any atom is 0.238 e. The molecule has 3 rings (SSSR count). The van der Waals surface area contributed by atoms with Crippen LogP contribution in [0.1, 0.15) is 19.2 Å². The van der Waals surface area contributed by atoms with Crippen LogP contribution in [-0.2, 0) is 11.2 Å². The minimum atomic E-state index is -0.00118. The van der Waals surface area contributed by atoms with E-state index in [2.05, 4.69) is 39.2 Å². The smallest absolute Gasteiger partial charge is 0.238 e. The van der Waals surface area contributed by atoms with Crippen molar-refractivity contribution >= 4 is 5.91 Å². The summed E-state index contributed by atoms with van der Waals surface area (Å²) in [5, 5.41) is 6.85. The Labute approximate surface area is 147 Å². The zero-order valence-corrected chi connectivity index (χ0v) is 14.8. The number of amides is 1. The van der Waals surface area contributed by atoms with Gasteiger partial charge in [-0.15, -0.1) is 0 Å². The van der Waals surface area contributed by atoms with E-state index in [-0.39, 0.29) is 5.91 Å². The summed E-state index contributed by atoms with van der Waals surface area (Å²) >= 11 is 0. The molecule has 0 aliphatic carbocycles. The molecule has 0 aromatic carbocycles. The summed E-state index contributed by atoms with van der Waals surface area (Å²) in [7, 11) is 2.14. The number of aryl methyl sites for hydroxylation is 1. The molecule has 1 saturated heterocycles. The second kappa shape index (κ2) is 8.26. The Kier molecular flexibility index (Phi) is 5.83. The zero-order chi connectivity index (χ0) is 17.6. The lowest BCUT2D eigenvalue weighted by atomic mass is 10.2. The van der Waals surface area contributed by atoms with Gasteiger partial charge in [0.2, 0.25) is 17.6 Å². The summed E-state index contributed by atoms with van der Waals surface area (Å²) in [4.78, 5) is 21.0. The zero-order valence-electron chi connectivity index (χ0n) is 14.8. The van der Waals surface area contributed by atoms with Crippen LogP contribution in [0.15, 0.2) is 27.3 Å². The van der Waals surface area contributed by atoms with Crippen LogP contribution >= 0.6 is 0 Å². The number of carbonyl (C=O) groups is 1. The van der Waals surface area contributed by atoms with Crippen LogP contribution in [0.25, 0.3) is 11.6 Å². The summed E-state index contributed by atoms with van der Waals surface area (Å²) in [5.74, 6) is 1.40. The van der Waals surface area contributed by atoms with E-state index in [0.717, 1.165) is 26.2 Å². The SMILES string of the molecule is C[C@@H](CNC(=O)CCc1nc(-c2ccco2)no1)N1CCN(C)CC1. The molecular weight excluding hydrogens is 322 g/mol. The standard InChI is InChI=1S/C17H25N5O3/c1-13(22-9-7-21(2)8-10-22)12-18-15(23)5-6-16-19-17(20-25-16)14-4-3-11-24-14/h3-4,11,13H,5-10,12H2,1-2H3,(H,18,23)/t13-/m0/s1. The van der Waals surface area contributed by atoms with Crippen molar-refractivity contribution in [2.45, 2.75) is 25.8 Å². The van der Waals surface area contributed by atoms with Crippen molar-refractivity contribution in [3.8, 4) is 11.6 Å². The van der Waals surface area contributed by atoms with Crippen molar-refractivity contribution in [3.05, 3.63) is 24.3 Å². The predicted octanol–water partition coefficient (Wildman–Crippen LogP) is 1.01. The van der Waals surface area contributed by atoms with E-state index in [1.54, 1.807) is 18.4 Å². The second-order valence-corrected chi connectivity index (χ2v) is 6.48. The minimum Gasteiger partial charge on any atom is -0.461 e. The summed E-state index contributed by atoms with van der Waals surface area (Å²) in [5.41, 5.74) is 0. The van der Waals surface area contributed by atoms with Gasteiger partial charge in [0, 0.05) is 51.6 Å². The van der Waals surface area contributed by atoms with Gasteiger partial charge in [-0.05, 0) is 26.1 Å². The number of aromatic nitrogens is 2. The highest BCUT2D eigenvalue weighted by molar-refractivity contribution is 5.76. The molecule has 1 atom stereocenters. The fourth-order valence-corrected chi connectivity index (χ4v) is 2.82. The predicted molar refractivity (Wildman–Crippen MR) is 91.9 cm³/mol. The van der Waals surface area contributed by atoms with Crippen LogP contribution in [0, 0.1) is 0 Å². The molecule has 0 bridgehead atoms. The first-order chi connectivity index (χ1) is 12.1. The monoisotopic (exact) mass is 347 g/mol. The van der Waals surface area contributed by atoms with E-state index in [0.29, 0.717) is 42.9 Å². The van der Waals surface area contributed by atoms with Crippen LogP contribution in [0.3, 0.4) is 0 Å². The number of rotatable bonds is 7. The number of likely N-dealkylation sites (N-methyl/N-ethyl adjacent to an activating group) is 1. The lowest BCUT2D eigenvalue weighted by molar-refractivity contribution is -0.121. The van der Waals surface area contributed by atoms with E-state index < -0.39 is 0 Å². The Hall–Kier alpha value is -2.19. The van der Waals surface area contributed by atoms with Crippen molar-refractivity contribution < 1.29 is 13.7 Å². The van der Waals surface area contributed by atoms with Crippen molar-refractivity contribution in [3.63, 3.8) is 0 Å². The highest BCUT2D eigenvalue weighted by Gasteiger charge is 2.19. The van der Waals surface area contributed by atoms with Gasteiger partial charge >= 0.3 is 0 Å². The summed E-state index contributed by atoms with van der Waals surface area (Å²) in [6, 6.07) is 3.87. The highest BCUT2D eigenvalue weighted by atomic mass is 16.5. The molecule has 8 heteroatoms. The van der Waals surface area contributed by atoms with E-state index in [9.17, 15) is 4.79 Å². The molecule has 136 valence electrons. The van der Waals surface area contributed by atoms with Gasteiger partial charge in [0.05, 0.1) is 6.26 Å². The lowest BCUT2D eigenvalue weighted by Crippen LogP contribution is -2.51. The minimum absolute atomic E-state index is 0.00118. The molecule has 0 unspecified atom stereocenters. The van der Waals surface area contributed by atoms with Gasteiger partial charge in [-0.3, -0.25) is 9.69 Å². The topological polar surface area (TPSA) is 87.6 Å². The van der Waals surface area contributed by atoms with Gasteiger partial charge in [0.25, 0.3) is 0 Å². The highest BCUT2D eigenvalue weighted by Crippen LogP contribution is 2.16. The first-order valence-electron chi connectivity index (χ1n) is 8.67. The second-order valence-electron chi connectivity index (χ2n) is 6.48. The maximum atomic E-state index is 12.0. The Balaban J connectivity index is 1.38. The van der Waals surface area contributed by atoms with Crippen molar-refractivity contribution in [2.24, 2.45) is 0 Å². The molecule has 0 saturated carbocycles. The maximum absolute atomic E-state index is 12.0. The fraction of sp³-hybridized carbons (Fsp3) is 0.588. The molecule has 1 fully saturated rings. The summed E-state index contributed by atoms with van der Waals surface area (Å²) in [6.45, 7) is 7.06. The molecule has 3 heterocycles. The molecule has 25 heavy (non-hydrogen) atoms. The van der Waals surface area contributed by atoms with E-state index in [4.69, 9.17) is 8.94 Å². The van der Waals surface area contributed by atoms with Gasteiger partial charge in [-0.25, -0.2) is 0 Å². The molecular formula is C17H25N5O3. The van der Waals surface area contributed by atoms with Gasteiger partial charge < -0.3 is 19.2 Å². The number of carbonyl (C=O) groups excluding carboxylic acids is 1. The van der Waals surface area contributed by atoms with Crippen molar-refractivity contribution in [1.82, 2.24) is 25.3 Å². The van der Waals surface area contributed by atoms with Gasteiger partial charge in [0.1, 0.15) is 0 Å². The molecule has 8 nitrogen and oxygen atoms in total. The first-order valence-corrected chi connectivity index (χ1v) is 8.67. The fourth-order valence-electron chi connectivity index (χ4n) is 2.82.